The number of fused-ring (bicyclic) bond motifs is 1. The van der Waals surface area contributed by atoms with Crippen LogP contribution in [0.25, 0.3) is 5.65 Å². The zero-order valence-corrected chi connectivity index (χ0v) is 10.6. The second-order valence-corrected chi connectivity index (χ2v) is 3.92. The maximum atomic E-state index is 5.46. The van der Waals surface area contributed by atoms with Crippen molar-refractivity contribution in [3.63, 3.8) is 0 Å². The van der Waals surface area contributed by atoms with Crippen LogP contribution in [0.2, 0.25) is 0 Å². The highest BCUT2D eigenvalue weighted by atomic mass is 16.5. The Morgan fingerprint density at radius 1 is 1.56 bits per heavy atom. The summed E-state index contributed by atoms with van der Waals surface area (Å²) < 4.78 is 7.31. The van der Waals surface area contributed by atoms with Gasteiger partial charge in [-0.25, -0.2) is 15.8 Å². The fourth-order valence-corrected chi connectivity index (χ4v) is 1.70. The van der Waals surface area contributed by atoms with Crippen LogP contribution in [0.5, 0.6) is 0 Å². The molecule has 4 N–H and O–H groups in total. The first-order valence-corrected chi connectivity index (χ1v) is 5.90. The van der Waals surface area contributed by atoms with E-state index >= 15 is 0 Å². The van der Waals surface area contributed by atoms with Gasteiger partial charge in [0.25, 0.3) is 0 Å². The molecule has 2 aromatic heterocycles. The van der Waals surface area contributed by atoms with Crippen molar-refractivity contribution in [2.45, 2.75) is 20.0 Å². The van der Waals surface area contributed by atoms with Gasteiger partial charge < -0.3 is 19.9 Å². The Morgan fingerprint density at radius 2 is 2.39 bits per heavy atom. The zero-order chi connectivity index (χ0) is 13.0. The number of rotatable bonds is 6. The van der Waals surface area contributed by atoms with Crippen molar-refractivity contribution in [3.05, 3.63) is 18.6 Å². The highest BCUT2D eigenvalue weighted by molar-refractivity contribution is 5.65. The van der Waals surface area contributed by atoms with Crippen LogP contribution in [0.15, 0.2) is 18.6 Å². The van der Waals surface area contributed by atoms with Gasteiger partial charge in [-0.1, -0.05) is 0 Å². The molecule has 0 aromatic carbocycles. The van der Waals surface area contributed by atoms with Crippen molar-refractivity contribution >= 4 is 17.3 Å². The van der Waals surface area contributed by atoms with Crippen molar-refractivity contribution in [1.82, 2.24) is 14.4 Å². The van der Waals surface area contributed by atoms with E-state index in [1.807, 2.05) is 24.4 Å². The minimum Gasteiger partial charge on any atom is -0.377 e. The molecule has 0 saturated carbocycles. The monoisotopic (exact) mass is 250 g/mol. The number of nitrogens with one attached hydrogen (secondary N) is 2. The van der Waals surface area contributed by atoms with Crippen LogP contribution in [-0.4, -0.2) is 33.6 Å². The van der Waals surface area contributed by atoms with Crippen molar-refractivity contribution in [2.24, 2.45) is 5.84 Å². The van der Waals surface area contributed by atoms with Gasteiger partial charge in [0.05, 0.1) is 12.3 Å². The molecule has 1 atom stereocenters. The molecule has 2 rings (SSSR count). The molecular formula is C11H18N6O. The molecule has 0 spiro atoms. The number of aromatic nitrogens is 3. The molecule has 0 fully saturated rings. The number of nitrogen functional groups attached to an aromatic ring is 1. The Balaban J connectivity index is 2.18. The molecular weight excluding hydrogens is 232 g/mol. The van der Waals surface area contributed by atoms with E-state index in [-0.39, 0.29) is 6.10 Å². The molecule has 7 heteroatoms. The molecule has 2 heterocycles. The number of nitrogens with zero attached hydrogens (tertiary/aromatic N) is 3. The van der Waals surface area contributed by atoms with E-state index in [1.54, 1.807) is 12.4 Å². The highest BCUT2D eigenvalue weighted by Crippen LogP contribution is 2.15. The van der Waals surface area contributed by atoms with Crippen LogP contribution < -0.4 is 16.6 Å². The van der Waals surface area contributed by atoms with Crippen LogP contribution in [0, 0.1) is 0 Å². The zero-order valence-electron chi connectivity index (χ0n) is 10.6. The fraction of sp³-hybridized carbons (Fsp3) is 0.455. The quantitative estimate of drug-likeness (QED) is 0.520. The lowest BCUT2D eigenvalue weighted by atomic mass is 10.4. The largest absolute Gasteiger partial charge is 0.377 e. The molecule has 0 bridgehead atoms. The maximum absolute atomic E-state index is 5.46. The second kappa shape index (κ2) is 5.65. The van der Waals surface area contributed by atoms with Crippen LogP contribution >= 0.6 is 0 Å². The van der Waals surface area contributed by atoms with E-state index in [1.165, 1.54) is 0 Å². The van der Waals surface area contributed by atoms with Crippen molar-refractivity contribution < 1.29 is 4.74 Å². The highest BCUT2D eigenvalue weighted by Gasteiger charge is 2.08. The lowest BCUT2D eigenvalue weighted by Crippen LogP contribution is -2.21. The first-order chi connectivity index (χ1) is 8.74. The molecule has 0 amide bonds. The third-order valence-corrected chi connectivity index (χ3v) is 2.53. The summed E-state index contributed by atoms with van der Waals surface area (Å²) in [6.45, 7) is 5.33. The number of anilines is 2. The number of hydrogen-bond acceptors (Lipinski definition) is 6. The number of hydrogen-bond donors (Lipinski definition) is 3. The second-order valence-electron chi connectivity index (χ2n) is 3.92. The van der Waals surface area contributed by atoms with Crippen LogP contribution in [0.3, 0.4) is 0 Å². The molecule has 0 saturated heterocycles. The maximum Gasteiger partial charge on any atom is 0.180 e. The van der Waals surface area contributed by atoms with E-state index in [0.717, 1.165) is 5.65 Å². The Kier molecular flexibility index (Phi) is 3.96. The number of nitrogens with two attached hydrogens (primary N) is 1. The molecule has 2 aromatic rings. The average molecular weight is 250 g/mol. The van der Waals surface area contributed by atoms with Crippen molar-refractivity contribution in [1.29, 1.82) is 0 Å². The molecule has 7 nitrogen and oxygen atoms in total. The summed E-state index contributed by atoms with van der Waals surface area (Å²) in [5, 5.41) is 3.22. The summed E-state index contributed by atoms with van der Waals surface area (Å²) in [5.74, 6) is 6.64. The summed E-state index contributed by atoms with van der Waals surface area (Å²) in [5.41, 5.74) is 3.29. The standard InChI is InChI=1S/C11H18N6O/c1-3-18-8(2)6-14-10-11-13-4-5-17(11)7-9(15-10)16-12/h4-5,7-8,16H,3,6,12H2,1-2H3,(H,14,15). The number of ether oxygens (including phenoxy) is 1. The Labute approximate surface area is 105 Å². The first kappa shape index (κ1) is 12.6. The third-order valence-electron chi connectivity index (χ3n) is 2.53. The van der Waals surface area contributed by atoms with Gasteiger partial charge in [0.1, 0.15) is 0 Å². The van der Waals surface area contributed by atoms with Crippen molar-refractivity contribution in [3.8, 4) is 0 Å². The Morgan fingerprint density at radius 3 is 3.11 bits per heavy atom. The summed E-state index contributed by atoms with van der Waals surface area (Å²) in [6, 6.07) is 0. The molecule has 98 valence electrons. The van der Waals surface area contributed by atoms with Crippen LogP contribution in [-0.2, 0) is 4.74 Å². The number of imidazole rings is 1. The minimum absolute atomic E-state index is 0.112. The molecule has 0 radical (unpaired) electrons. The molecule has 0 aliphatic rings. The van der Waals surface area contributed by atoms with Gasteiger partial charge in [0, 0.05) is 25.5 Å². The van der Waals surface area contributed by atoms with Gasteiger partial charge in [-0.15, -0.1) is 0 Å². The van der Waals surface area contributed by atoms with E-state index in [4.69, 9.17) is 10.6 Å². The lowest BCUT2D eigenvalue weighted by molar-refractivity contribution is 0.0855. The van der Waals surface area contributed by atoms with Gasteiger partial charge in [-0.05, 0) is 13.8 Å². The van der Waals surface area contributed by atoms with Crippen LogP contribution in [0.1, 0.15) is 13.8 Å². The normalized spacial score (nSPS) is 12.6. The predicted molar refractivity (Wildman–Crippen MR) is 70.4 cm³/mol. The fourth-order valence-electron chi connectivity index (χ4n) is 1.70. The molecule has 0 aliphatic carbocycles. The smallest absolute Gasteiger partial charge is 0.180 e. The summed E-state index contributed by atoms with van der Waals surface area (Å²) in [4.78, 5) is 8.58. The van der Waals surface area contributed by atoms with E-state index in [2.05, 4.69) is 20.7 Å². The summed E-state index contributed by atoms with van der Waals surface area (Å²) in [7, 11) is 0. The average Bonchev–Trinajstić information content (AvgIpc) is 2.84. The topological polar surface area (TPSA) is 89.5 Å². The molecule has 18 heavy (non-hydrogen) atoms. The van der Waals surface area contributed by atoms with E-state index in [9.17, 15) is 0 Å². The van der Waals surface area contributed by atoms with E-state index in [0.29, 0.717) is 24.8 Å². The molecule has 1 unspecified atom stereocenters. The van der Waals surface area contributed by atoms with Gasteiger partial charge in [-0.2, -0.15) is 0 Å². The van der Waals surface area contributed by atoms with Crippen molar-refractivity contribution in [2.75, 3.05) is 23.9 Å². The number of hydrazine groups is 1. The van der Waals surface area contributed by atoms with E-state index < -0.39 is 0 Å². The van der Waals surface area contributed by atoms with Gasteiger partial charge in [0.15, 0.2) is 17.3 Å². The SMILES string of the molecule is CCOC(C)CNc1nc(NN)cn2ccnc12. The summed E-state index contributed by atoms with van der Waals surface area (Å²) in [6.07, 6.45) is 5.45. The predicted octanol–water partition coefficient (Wildman–Crippen LogP) is 0.852. The van der Waals surface area contributed by atoms with Gasteiger partial charge >= 0.3 is 0 Å². The summed E-state index contributed by atoms with van der Waals surface area (Å²) >= 11 is 0. The van der Waals surface area contributed by atoms with Gasteiger partial charge in [0.2, 0.25) is 0 Å². The minimum atomic E-state index is 0.112. The van der Waals surface area contributed by atoms with Crippen LogP contribution in [0.4, 0.5) is 11.6 Å². The Bertz CT molecular complexity index is 511. The Hall–Kier alpha value is -1.86. The molecule has 0 aliphatic heterocycles. The first-order valence-electron chi connectivity index (χ1n) is 5.90. The third kappa shape index (κ3) is 2.69. The lowest BCUT2D eigenvalue weighted by Gasteiger charge is -2.14. The van der Waals surface area contributed by atoms with Gasteiger partial charge in [-0.3, -0.25) is 0 Å².